The molecule has 0 amide bonds. The van der Waals surface area contributed by atoms with Crippen LogP contribution in [0.25, 0.3) is 10.9 Å². The molecule has 0 fully saturated rings. The fraction of sp³-hybridized carbons (Fsp3) is 0.286. The molecule has 3 rings (SSSR count). The number of hydrogen-bond acceptors (Lipinski definition) is 4. The maximum atomic E-state index is 5.90. The van der Waals surface area contributed by atoms with Crippen LogP contribution in [0.1, 0.15) is 19.3 Å². The molecule has 0 radical (unpaired) electrons. The largest absolute Gasteiger partial charge is 0.493 e. The fourth-order valence-electron chi connectivity index (χ4n) is 2.68. The molecular weight excluding hydrogens is 314 g/mol. The second-order valence-corrected chi connectivity index (χ2v) is 5.74. The van der Waals surface area contributed by atoms with Crippen molar-refractivity contribution in [3.63, 3.8) is 0 Å². The number of unbranched alkanes of at least 4 members (excludes halogenated alkanes) is 2. The van der Waals surface area contributed by atoms with Gasteiger partial charge in [0.15, 0.2) is 11.5 Å². The summed E-state index contributed by atoms with van der Waals surface area (Å²) in [5.41, 5.74) is 0.921. The maximum Gasteiger partial charge on any atom is 0.161 e. The Morgan fingerprint density at radius 2 is 1.40 bits per heavy atom. The molecule has 0 unspecified atom stereocenters. The highest BCUT2D eigenvalue weighted by Gasteiger charge is 2.03. The Bertz CT molecular complexity index is 799. The Kier molecular flexibility index (Phi) is 6.10. The highest BCUT2D eigenvalue weighted by Crippen LogP contribution is 2.26. The molecule has 0 N–H and O–H groups in total. The van der Waals surface area contributed by atoms with E-state index in [9.17, 15) is 0 Å². The first kappa shape index (κ1) is 17.1. The van der Waals surface area contributed by atoms with E-state index in [4.69, 9.17) is 14.2 Å². The Morgan fingerprint density at radius 3 is 2.20 bits per heavy atom. The van der Waals surface area contributed by atoms with Crippen LogP contribution >= 0.6 is 0 Å². The van der Waals surface area contributed by atoms with Crippen LogP contribution in [-0.2, 0) is 0 Å². The first-order chi connectivity index (χ1) is 12.4. The number of para-hydroxylation sites is 3. The zero-order valence-electron chi connectivity index (χ0n) is 14.5. The Hall–Kier alpha value is -2.75. The van der Waals surface area contributed by atoms with E-state index < -0.39 is 0 Å². The van der Waals surface area contributed by atoms with Gasteiger partial charge in [0.05, 0.1) is 20.3 Å². The second kappa shape index (κ2) is 8.92. The molecule has 4 nitrogen and oxygen atoms in total. The first-order valence-corrected chi connectivity index (χ1v) is 8.61. The predicted molar refractivity (Wildman–Crippen MR) is 99.6 cm³/mol. The molecule has 0 aliphatic carbocycles. The minimum absolute atomic E-state index is 0.677. The van der Waals surface area contributed by atoms with Crippen LogP contribution in [0.4, 0.5) is 0 Å². The van der Waals surface area contributed by atoms with Crippen molar-refractivity contribution in [1.82, 2.24) is 4.98 Å². The molecule has 0 spiro atoms. The molecule has 25 heavy (non-hydrogen) atoms. The summed E-state index contributed by atoms with van der Waals surface area (Å²) in [6.45, 7) is 1.36. The van der Waals surface area contributed by atoms with Crippen molar-refractivity contribution in [2.45, 2.75) is 19.3 Å². The van der Waals surface area contributed by atoms with E-state index in [1.807, 2.05) is 54.6 Å². The van der Waals surface area contributed by atoms with Gasteiger partial charge in [0, 0.05) is 11.6 Å². The third-order valence-corrected chi connectivity index (χ3v) is 3.97. The number of rotatable bonds is 9. The van der Waals surface area contributed by atoms with E-state index >= 15 is 0 Å². The van der Waals surface area contributed by atoms with Crippen LogP contribution in [0.2, 0.25) is 0 Å². The average molecular weight is 337 g/mol. The average Bonchev–Trinajstić information content (AvgIpc) is 2.67. The van der Waals surface area contributed by atoms with E-state index in [0.29, 0.717) is 13.2 Å². The van der Waals surface area contributed by atoms with Gasteiger partial charge in [0.25, 0.3) is 0 Å². The van der Waals surface area contributed by atoms with Crippen LogP contribution in [0.5, 0.6) is 17.2 Å². The molecule has 130 valence electrons. The number of ether oxygens (including phenoxy) is 3. The lowest BCUT2D eigenvalue weighted by Gasteiger charge is -2.10. The summed E-state index contributed by atoms with van der Waals surface area (Å²) in [4.78, 5) is 4.40. The Labute approximate surface area is 148 Å². The highest BCUT2D eigenvalue weighted by atomic mass is 16.5. The maximum absolute atomic E-state index is 5.90. The van der Waals surface area contributed by atoms with Gasteiger partial charge in [0.1, 0.15) is 11.3 Å². The van der Waals surface area contributed by atoms with E-state index in [1.165, 1.54) is 0 Å². The number of methoxy groups -OCH3 is 1. The van der Waals surface area contributed by atoms with Gasteiger partial charge in [-0.1, -0.05) is 30.3 Å². The van der Waals surface area contributed by atoms with E-state index in [0.717, 1.165) is 47.4 Å². The Morgan fingerprint density at radius 1 is 0.720 bits per heavy atom. The van der Waals surface area contributed by atoms with Gasteiger partial charge in [0.2, 0.25) is 0 Å². The van der Waals surface area contributed by atoms with Crippen LogP contribution in [-0.4, -0.2) is 25.3 Å². The smallest absolute Gasteiger partial charge is 0.161 e. The van der Waals surface area contributed by atoms with Gasteiger partial charge in [-0.3, -0.25) is 4.98 Å². The van der Waals surface area contributed by atoms with Crippen molar-refractivity contribution in [3.8, 4) is 17.2 Å². The van der Waals surface area contributed by atoms with E-state index in [-0.39, 0.29) is 0 Å². The third-order valence-electron chi connectivity index (χ3n) is 3.97. The van der Waals surface area contributed by atoms with Gasteiger partial charge >= 0.3 is 0 Å². The van der Waals surface area contributed by atoms with Gasteiger partial charge < -0.3 is 14.2 Å². The van der Waals surface area contributed by atoms with Crippen LogP contribution in [0, 0.1) is 0 Å². The molecule has 0 aliphatic heterocycles. The standard InChI is InChI=1S/C21H23NO3/c1-23-18-11-3-4-12-19(18)24-15-5-2-6-16-25-20-13-7-9-17-10-8-14-22-21(17)20/h3-4,7-14H,2,5-6,15-16H2,1H3. The molecule has 0 bridgehead atoms. The quantitative estimate of drug-likeness (QED) is 0.522. The van der Waals surface area contributed by atoms with E-state index in [1.54, 1.807) is 13.3 Å². The number of benzene rings is 2. The van der Waals surface area contributed by atoms with Crippen molar-refractivity contribution in [3.05, 3.63) is 60.8 Å². The lowest BCUT2D eigenvalue weighted by atomic mass is 10.2. The lowest BCUT2D eigenvalue weighted by Crippen LogP contribution is -2.02. The predicted octanol–water partition coefficient (Wildman–Crippen LogP) is 4.87. The number of aromatic nitrogens is 1. The van der Waals surface area contributed by atoms with Crippen LogP contribution < -0.4 is 14.2 Å². The SMILES string of the molecule is COc1ccccc1OCCCCCOc1cccc2cccnc12. The van der Waals surface area contributed by atoms with E-state index in [2.05, 4.69) is 4.98 Å². The van der Waals surface area contributed by atoms with Gasteiger partial charge in [-0.15, -0.1) is 0 Å². The summed E-state index contributed by atoms with van der Waals surface area (Å²) in [5.74, 6) is 2.42. The number of fused-ring (bicyclic) bond motifs is 1. The summed E-state index contributed by atoms with van der Waals surface area (Å²) in [6.07, 6.45) is 4.81. The number of pyridine rings is 1. The first-order valence-electron chi connectivity index (χ1n) is 8.61. The topological polar surface area (TPSA) is 40.6 Å². The number of nitrogens with zero attached hydrogens (tertiary/aromatic N) is 1. The summed E-state index contributed by atoms with van der Waals surface area (Å²) >= 11 is 0. The Balaban J connectivity index is 1.38. The molecule has 1 aromatic heterocycles. The summed E-state index contributed by atoms with van der Waals surface area (Å²) in [7, 11) is 1.65. The van der Waals surface area contributed by atoms with Crippen LogP contribution in [0.3, 0.4) is 0 Å². The molecule has 0 saturated heterocycles. The summed E-state index contributed by atoms with van der Waals surface area (Å²) < 4.78 is 16.9. The van der Waals surface area contributed by atoms with Crippen molar-refractivity contribution in [2.24, 2.45) is 0 Å². The van der Waals surface area contributed by atoms with Gasteiger partial charge in [-0.25, -0.2) is 0 Å². The molecule has 4 heteroatoms. The molecule has 0 atom stereocenters. The van der Waals surface area contributed by atoms with Gasteiger partial charge in [-0.2, -0.15) is 0 Å². The lowest BCUT2D eigenvalue weighted by molar-refractivity contribution is 0.271. The molecule has 0 aliphatic rings. The van der Waals surface area contributed by atoms with Crippen molar-refractivity contribution in [2.75, 3.05) is 20.3 Å². The summed E-state index contributed by atoms with van der Waals surface area (Å²) in [5, 5.41) is 1.10. The molecule has 0 saturated carbocycles. The monoisotopic (exact) mass is 337 g/mol. The highest BCUT2D eigenvalue weighted by molar-refractivity contribution is 5.84. The molecule has 2 aromatic carbocycles. The minimum atomic E-state index is 0.677. The number of hydrogen-bond donors (Lipinski definition) is 0. The molecule has 3 aromatic rings. The molecular formula is C21H23NO3. The minimum Gasteiger partial charge on any atom is -0.493 e. The zero-order chi connectivity index (χ0) is 17.3. The molecule has 1 heterocycles. The second-order valence-electron chi connectivity index (χ2n) is 5.74. The fourth-order valence-corrected chi connectivity index (χ4v) is 2.68. The summed E-state index contributed by atoms with van der Waals surface area (Å²) in [6, 6.07) is 17.7. The van der Waals surface area contributed by atoms with Gasteiger partial charge in [-0.05, 0) is 43.5 Å². The normalized spacial score (nSPS) is 10.6. The van der Waals surface area contributed by atoms with Crippen molar-refractivity contribution in [1.29, 1.82) is 0 Å². The van der Waals surface area contributed by atoms with Crippen LogP contribution in [0.15, 0.2) is 60.8 Å². The van der Waals surface area contributed by atoms with Crippen molar-refractivity contribution < 1.29 is 14.2 Å². The third kappa shape index (κ3) is 4.63. The van der Waals surface area contributed by atoms with Crippen molar-refractivity contribution >= 4 is 10.9 Å². The zero-order valence-corrected chi connectivity index (χ0v) is 14.5.